The van der Waals surface area contributed by atoms with Crippen molar-refractivity contribution in [3.8, 4) is 0 Å². The minimum Gasteiger partial charge on any atom is -0.477 e. The maximum Gasteiger partial charge on any atom is 0.364 e. The largest absolute Gasteiger partial charge is 0.477 e. The zero-order chi connectivity index (χ0) is 78.1. The van der Waals surface area contributed by atoms with Gasteiger partial charge in [-0.15, -0.1) is 0 Å². The third kappa shape index (κ3) is 18.0. The van der Waals surface area contributed by atoms with E-state index in [4.69, 9.17) is 86.3 Å². The molecule has 0 aliphatic carbocycles. The van der Waals surface area contributed by atoms with Crippen LogP contribution < -0.4 is 5.73 Å². The number of carbonyl (C=O) groups is 1. The van der Waals surface area contributed by atoms with Crippen molar-refractivity contribution in [2.24, 2.45) is 29.4 Å². The summed E-state index contributed by atoms with van der Waals surface area (Å²) in [7, 11) is 0. The van der Waals surface area contributed by atoms with E-state index in [1.807, 2.05) is 0 Å². The number of carboxylic acid groups (broad SMARTS) is 1. The molecule has 9 saturated heterocycles. The first-order chi connectivity index (χ1) is 50.1. The van der Waals surface area contributed by atoms with Crippen molar-refractivity contribution in [1.82, 2.24) is 0 Å². The highest BCUT2D eigenvalue weighted by Gasteiger charge is 2.62. The zero-order valence-corrected chi connectivity index (χ0v) is 58.2. The van der Waals surface area contributed by atoms with E-state index in [1.165, 1.54) is 20.8 Å². The Hall–Kier alpha value is -2.21. The first-order valence-corrected chi connectivity index (χ1v) is 35.0. The molecule has 0 radical (unpaired) electrons. The van der Waals surface area contributed by atoms with Crippen LogP contribution in [0, 0.1) is 23.7 Å². The van der Waals surface area contributed by atoms with Crippen molar-refractivity contribution >= 4 is 5.97 Å². The lowest BCUT2D eigenvalue weighted by molar-refractivity contribution is -0.404. The van der Waals surface area contributed by atoms with E-state index in [0.29, 0.717) is 0 Å². The zero-order valence-electron chi connectivity index (χ0n) is 58.2. The SMILES string of the molecule is CC1C(O)[C@H](O)[C@H](CO)O[C@H]1O[C@@H]1C(O)[C@H](O)C(CO)O[C@@H]1OCC1O[C@@H](O[C@@H]2C(CO)O[C@@H](O[C@@H]3C(CO)O[C@@H](C)[C@@H](C)C3O)[C@@H](C)C2O)C(O)[C@@H](O[C@H]2O[C@H](CO)[C@@H](O)C(O)C2O[C@@H]2OC(CO)[C@@H](O[C@@H]3OC(CO)[C@H](O)C(O[C@]4(C(=O)O)C[C@@H](O)[C@@H](N)C([C@@H](O)[C@H](O)CO)O4)[C@@H]3O)C(O)[C@@H]2C)[C@@H]1O. The summed E-state index contributed by atoms with van der Waals surface area (Å²) in [6, 6.07) is -1.63. The highest BCUT2D eigenvalue weighted by molar-refractivity contribution is 5.76. The third-order valence-corrected chi connectivity index (χ3v) is 21.5. The minimum absolute atomic E-state index is 0.532. The van der Waals surface area contributed by atoms with Crippen LogP contribution in [0.5, 0.6) is 0 Å². The van der Waals surface area contributed by atoms with Gasteiger partial charge in [-0.2, -0.15) is 0 Å². The fraction of sp³-hybridized carbons (Fsp3) is 0.984. The maximum absolute atomic E-state index is 13.0. The van der Waals surface area contributed by atoms with Crippen LogP contribution in [0.2, 0.25) is 0 Å². The lowest BCUT2D eigenvalue weighted by Gasteiger charge is -2.51. The summed E-state index contributed by atoms with van der Waals surface area (Å²) in [6.07, 6.45) is -75.4. The molecule has 618 valence electrons. The molecular weight excluding hydrogens is 1450 g/mol. The Morgan fingerprint density at radius 3 is 1.21 bits per heavy atom. The molecule has 0 aromatic carbocycles. The summed E-state index contributed by atoms with van der Waals surface area (Å²) in [5.41, 5.74) is 5.99. The molecule has 9 aliphatic heterocycles. The normalized spacial score (nSPS) is 51.9. The second-order valence-corrected chi connectivity index (χ2v) is 28.5. The minimum atomic E-state index is -3.14. The summed E-state index contributed by atoms with van der Waals surface area (Å²) < 4.78 is 102. The van der Waals surface area contributed by atoms with Crippen molar-refractivity contribution < 1.29 is 213 Å². The van der Waals surface area contributed by atoms with Crippen molar-refractivity contribution in [3.05, 3.63) is 0 Å². The molecule has 9 fully saturated rings. The number of hydrogen-bond acceptors (Lipinski definition) is 43. The van der Waals surface area contributed by atoms with E-state index in [9.17, 15) is 132 Å². The monoisotopic (exact) mass is 1550 g/mol. The summed E-state index contributed by atoms with van der Waals surface area (Å²) in [6.45, 7) is -1.41. The predicted octanol–water partition coefficient (Wildman–Crippen LogP) is -15.3. The van der Waals surface area contributed by atoms with Gasteiger partial charge in [0.2, 0.25) is 0 Å². The average Bonchev–Trinajstić information content (AvgIpc) is 0.778. The Labute approximate surface area is 604 Å². The highest BCUT2D eigenvalue weighted by atomic mass is 16.8. The average molecular weight is 1550 g/mol. The fourth-order valence-corrected chi connectivity index (χ4v) is 14.5. The van der Waals surface area contributed by atoms with Gasteiger partial charge in [0.25, 0.3) is 5.79 Å². The quantitative estimate of drug-likeness (QED) is 0.0346. The van der Waals surface area contributed by atoms with Gasteiger partial charge in [-0.05, 0) is 6.92 Å². The number of aliphatic hydroxyl groups excluding tert-OH is 24. The smallest absolute Gasteiger partial charge is 0.364 e. The van der Waals surface area contributed by atoms with Crippen LogP contribution in [0.3, 0.4) is 0 Å². The number of aliphatic hydroxyl groups is 24. The Balaban J connectivity index is 0.981. The summed E-state index contributed by atoms with van der Waals surface area (Å²) in [5, 5.41) is 276. The molecule has 27 N–H and O–H groups in total. The van der Waals surface area contributed by atoms with Crippen LogP contribution in [0.1, 0.15) is 41.0 Å². The van der Waals surface area contributed by atoms with Gasteiger partial charge in [-0.1, -0.05) is 27.7 Å². The standard InChI is InChI=1S/C62H107NO43/c1-16-20(5)91-27(12-69)46(33(16)75)99-55-18(3)34(76)47(28(13-70)96-55)100-57-44(86)50(41(83)30(98-57)15-90-59-52(42(84)38(80)24(9-66)94-59)103-54-17(2)32(74)37(79)23(8-65)92-54)102-60-53(43(85)39(81)25(10-67)95-60)104-56-19(4)35(77)48(29(14-71)97-56)101-58-45(87)51(40(82)26(11-68)93-58)106-62(61(88)89)6-21(72)31(63)49(105-62)36(78)22(73)7-64/h16-60,64-87H,6-15,63H2,1-5H3,(H,88,89)/t16-,17?,18+,19+,20+,21-,22-,23+,24?,25-,26?,27?,28?,29?,30?,31-,32?,33?,34?,35?,36+,37-,38-,39-,40+,41-,42?,43?,44?,45+,46-,47-,48-,49?,50+,51?,52-,53?,54+,55+,56+,57+,58+,59+,60-,62+/m1/s1. The number of aliphatic carboxylic acids is 1. The van der Waals surface area contributed by atoms with E-state index < -0.39 is 353 Å². The first-order valence-electron chi connectivity index (χ1n) is 35.0. The Morgan fingerprint density at radius 2 is 0.736 bits per heavy atom. The van der Waals surface area contributed by atoms with E-state index in [0.717, 1.165) is 0 Å². The molecule has 44 heteroatoms. The number of rotatable bonds is 28. The Morgan fingerprint density at radius 1 is 0.387 bits per heavy atom. The molecule has 0 saturated carbocycles. The molecule has 0 amide bonds. The van der Waals surface area contributed by atoms with Gasteiger partial charge in [0.15, 0.2) is 44.0 Å². The predicted molar refractivity (Wildman–Crippen MR) is 332 cm³/mol. The van der Waals surface area contributed by atoms with E-state index >= 15 is 0 Å². The topological polar surface area (TPSA) is 706 Å². The van der Waals surface area contributed by atoms with Crippen molar-refractivity contribution in [2.75, 3.05) is 59.5 Å². The Kier molecular flexibility index (Phi) is 30.9. The van der Waals surface area contributed by atoms with Gasteiger partial charge >= 0.3 is 5.97 Å². The molecule has 0 spiro atoms. The molecule has 17 unspecified atom stereocenters. The number of carboxylic acids is 1. The fourth-order valence-electron chi connectivity index (χ4n) is 14.5. The van der Waals surface area contributed by atoms with Gasteiger partial charge < -0.3 is 214 Å². The van der Waals surface area contributed by atoms with E-state index in [2.05, 4.69) is 0 Å². The van der Waals surface area contributed by atoms with Gasteiger partial charge in [-0.25, -0.2) is 4.79 Å². The molecule has 9 heterocycles. The number of ether oxygens (including phenoxy) is 17. The summed E-state index contributed by atoms with van der Waals surface area (Å²) in [5.74, 6) is -9.48. The van der Waals surface area contributed by atoms with Crippen LogP contribution >= 0.6 is 0 Å². The van der Waals surface area contributed by atoms with E-state index in [1.54, 1.807) is 13.8 Å². The number of nitrogens with two attached hydrogens (primary N) is 1. The molecule has 0 aromatic heterocycles. The van der Waals surface area contributed by atoms with E-state index in [-0.39, 0.29) is 0 Å². The first kappa shape index (κ1) is 87.8. The van der Waals surface area contributed by atoms with Gasteiger partial charge in [0, 0.05) is 30.1 Å². The van der Waals surface area contributed by atoms with Crippen LogP contribution in [0.4, 0.5) is 0 Å². The molecule has 106 heavy (non-hydrogen) atoms. The van der Waals surface area contributed by atoms with Crippen molar-refractivity contribution in [3.63, 3.8) is 0 Å². The van der Waals surface area contributed by atoms with Crippen LogP contribution in [0.25, 0.3) is 0 Å². The van der Waals surface area contributed by atoms with Gasteiger partial charge in [0.1, 0.15) is 165 Å². The van der Waals surface area contributed by atoms with Crippen molar-refractivity contribution in [2.45, 2.75) is 298 Å². The molecule has 46 atom stereocenters. The van der Waals surface area contributed by atoms with Crippen LogP contribution in [-0.4, -0.2) is 450 Å². The lowest BCUT2D eigenvalue weighted by atomic mass is 9.88. The third-order valence-electron chi connectivity index (χ3n) is 21.5. The molecule has 44 nitrogen and oxygen atoms in total. The van der Waals surface area contributed by atoms with Crippen molar-refractivity contribution in [1.29, 1.82) is 0 Å². The van der Waals surface area contributed by atoms with Crippen LogP contribution in [0.15, 0.2) is 0 Å². The second-order valence-electron chi connectivity index (χ2n) is 28.5. The summed E-state index contributed by atoms with van der Waals surface area (Å²) >= 11 is 0. The highest BCUT2D eigenvalue weighted by Crippen LogP contribution is 2.43. The molecule has 9 rings (SSSR count). The molecule has 0 aromatic rings. The second kappa shape index (κ2) is 37.4. The Bertz CT molecular complexity index is 2690. The lowest BCUT2D eigenvalue weighted by Crippen LogP contribution is -2.70. The number of hydrogen-bond donors (Lipinski definition) is 26. The molecular formula is C62H107NO43. The molecule has 0 bridgehead atoms. The maximum atomic E-state index is 13.0. The summed E-state index contributed by atoms with van der Waals surface area (Å²) in [4.78, 5) is 13.0. The van der Waals surface area contributed by atoms with Gasteiger partial charge in [-0.3, -0.25) is 0 Å². The molecule has 9 aliphatic rings. The van der Waals surface area contributed by atoms with Gasteiger partial charge in [0.05, 0.1) is 102 Å². The van der Waals surface area contributed by atoms with Crippen LogP contribution in [-0.2, 0) is 85.3 Å².